The molecule has 0 aliphatic carbocycles. The van der Waals surface area contributed by atoms with E-state index in [-0.39, 0.29) is 24.4 Å². The zero-order valence-electron chi connectivity index (χ0n) is 17.6. The van der Waals surface area contributed by atoms with Gasteiger partial charge in [-0.05, 0) is 24.6 Å². The van der Waals surface area contributed by atoms with Gasteiger partial charge in [0.1, 0.15) is 5.75 Å². The van der Waals surface area contributed by atoms with E-state index in [1.54, 1.807) is 33.5 Å². The average molecular weight is 433 g/mol. The number of allylic oxidation sites excluding steroid dienone is 1. The summed E-state index contributed by atoms with van der Waals surface area (Å²) in [7, 11) is 4.82. The van der Waals surface area contributed by atoms with Crippen LogP contribution in [0, 0.1) is 0 Å². The minimum absolute atomic E-state index is 0. The van der Waals surface area contributed by atoms with Crippen LogP contribution < -0.4 is 19.5 Å². The maximum Gasteiger partial charge on any atom is 0.254 e. The molecule has 1 aliphatic heterocycles. The van der Waals surface area contributed by atoms with Gasteiger partial charge >= 0.3 is 0 Å². The van der Waals surface area contributed by atoms with Gasteiger partial charge in [-0.15, -0.1) is 19.0 Å². The molecule has 1 fully saturated rings. The van der Waals surface area contributed by atoms with Crippen molar-refractivity contribution in [2.45, 2.75) is 12.5 Å². The number of rotatable bonds is 7. The molecule has 1 saturated heterocycles. The maximum atomic E-state index is 13.5. The number of nitrogens with zero attached hydrogens (tertiary/aromatic N) is 1. The van der Waals surface area contributed by atoms with Gasteiger partial charge in [-0.25, -0.2) is 0 Å². The Hall–Kier alpha value is -2.70. The summed E-state index contributed by atoms with van der Waals surface area (Å²) in [5.41, 5.74) is 2.43. The van der Waals surface area contributed by atoms with Gasteiger partial charge in [-0.1, -0.05) is 24.3 Å². The van der Waals surface area contributed by atoms with Crippen LogP contribution >= 0.6 is 12.4 Å². The molecule has 2 aromatic carbocycles. The van der Waals surface area contributed by atoms with Crippen LogP contribution in [-0.4, -0.2) is 51.8 Å². The fourth-order valence-electron chi connectivity index (χ4n) is 3.81. The number of nitrogens with one attached hydrogen (secondary N) is 1. The highest BCUT2D eigenvalue weighted by Gasteiger charge is 2.31. The molecule has 0 aromatic heterocycles. The summed E-state index contributed by atoms with van der Waals surface area (Å²) in [6.07, 6.45) is 2.37. The number of hydrogen-bond donors (Lipinski definition) is 1. The number of methoxy groups -OCH3 is 3. The minimum atomic E-state index is -0.122. The Morgan fingerprint density at radius 1 is 1.17 bits per heavy atom. The summed E-state index contributed by atoms with van der Waals surface area (Å²) in [4.78, 5) is 15.4. The highest BCUT2D eigenvalue weighted by atomic mass is 35.5. The van der Waals surface area contributed by atoms with E-state index in [0.717, 1.165) is 23.4 Å². The van der Waals surface area contributed by atoms with Crippen molar-refractivity contribution in [3.8, 4) is 17.2 Å². The van der Waals surface area contributed by atoms with E-state index in [0.29, 0.717) is 36.6 Å². The second kappa shape index (κ2) is 10.9. The van der Waals surface area contributed by atoms with Gasteiger partial charge in [-0.2, -0.15) is 0 Å². The molecule has 7 heteroatoms. The monoisotopic (exact) mass is 432 g/mol. The van der Waals surface area contributed by atoms with E-state index in [1.807, 2.05) is 35.2 Å². The predicted octanol–water partition coefficient (Wildman–Crippen LogP) is 3.65. The summed E-state index contributed by atoms with van der Waals surface area (Å²) >= 11 is 0. The zero-order valence-corrected chi connectivity index (χ0v) is 18.5. The summed E-state index contributed by atoms with van der Waals surface area (Å²) in [6.45, 7) is 5.82. The van der Waals surface area contributed by atoms with E-state index in [1.165, 1.54) is 0 Å². The smallest absolute Gasteiger partial charge is 0.254 e. The number of para-hydroxylation sites is 1. The molecule has 1 amide bonds. The van der Waals surface area contributed by atoms with Crippen LogP contribution in [0.3, 0.4) is 0 Å². The number of ether oxygens (including phenoxy) is 3. The van der Waals surface area contributed by atoms with Crippen molar-refractivity contribution in [3.05, 3.63) is 65.7 Å². The van der Waals surface area contributed by atoms with Gasteiger partial charge in [0.25, 0.3) is 5.91 Å². The number of carbonyl (C=O) groups excluding carboxylic acids is 1. The lowest BCUT2D eigenvalue weighted by Crippen LogP contribution is -2.48. The molecular weight excluding hydrogens is 404 g/mol. The van der Waals surface area contributed by atoms with Crippen molar-refractivity contribution in [2.75, 3.05) is 41.0 Å². The fourth-order valence-corrected chi connectivity index (χ4v) is 3.81. The van der Waals surface area contributed by atoms with Crippen LogP contribution in [0.4, 0.5) is 0 Å². The summed E-state index contributed by atoms with van der Waals surface area (Å²) < 4.78 is 16.5. The molecular formula is C23H29ClN2O4. The van der Waals surface area contributed by atoms with E-state index < -0.39 is 0 Å². The molecule has 0 saturated carbocycles. The molecule has 1 aliphatic rings. The van der Waals surface area contributed by atoms with Crippen LogP contribution in [0.2, 0.25) is 0 Å². The van der Waals surface area contributed by atoms with Gasteiger partial charge in [-0.3, -0.25) is 4.79 Å². The zero-order chi connectivity index (χ0) is 20.8. The van der Waals surface area contributed by atoms with Gasteiger partial charge in [0.05, 0.1) is 27.4 Å². The van der Waals surface area contributed by atoms with Crippen molar-refractivity contribution in [2.24, 2.45) is 0 Å². The quantitative estimate of drug-likeness (QED) is 0.677. The highest BCUT2D eigenvalue weighted by Crippen LogP contribution is 2.35. The van der Waals surface area contributed by atoms with Gasteiger partial charge in [0.15, 0.2) is 11.5 Å². The Bertz CT molecular complexity index is 888. The predicted molar refractivity (Wildman–Crippen MR) is 120 cm³/mol. The van der Waals surface area contributed by atoms with Crippen LogP contribution in [0.15, 0.2) is 49.1 Å². The van der Waals surface area contributed by atoms with Crippen LogP contribution in [0.25, 0.3) is 0 Å². The summed E-state index contributed by atoms with van der Waals surface area (Å²) in [6, 6.07) is 11.3. The Kier molecular flexibility index (Phi) is 8.57. The number of piperazine rings is 1. The Morgan fingerprint density at radius 3 is 2.57 bits per heavy atom. The number of hydrogen-bond acceptors (Lipinski definition) is 5. The topological polar surface area (TPSA) is 60.0 Å². The van der Waals surface area contributed by atoms with Gasteiger partial charge < -0.3 is 24.4 Å². The van der Waals surface area contributed by atoms with Crippen molar-refractivity contribution in [1.29, 1.82) is 0 Å². The maximum absolute atomic E-state index is 13.5. The highest BCUT2D eigenvalue weighted by molar-refractivity contribution is 5.95. The average Bonchev–Trinajstić information content (AvgIpc) is 2.78. The minimum Gasteiger partial charge on any atom is -0.496 e. The Labute approximate surface area is 184 Å². The van der Waals surface area contributed by atoms with Crippen LogP contribution in [0.1, 0.15) is 27.5 Å². The number of halogens is 1. The first kappa shape index (κ1) is 23.6. The van der Waals surface area contributed by atoms with E-state index in [2.05, 4.69) is 11.9 Å². The Morgan fingerprint density at radius 2 is 1.90 bits per heavy atom. The van der Waals surface area contributed by atoms with E-state index in [4.69, 9.17) is 14.2 Å². The third-order valence-electron chi connectivity index (χ3n) is 5.17. The van der Waals surface area contributed by atoms with Crippen LogP contribution in [-0.2, 0) is 6.42 Å². The number of carbonyl (C=O) groups is 1. The molecule has 162 valence electrons. The molecule has 1 heterocycles. The van der Waals surface area contributed by atoms with E-state index >= 15 is 0 Å². The summed E-state index contributed by atoms with van der Waals surface area (Å²) in [5, 5.41) is 3.39. The first-order valence-corrected chi connectivity index (χ1v) is 9.65. The lowest BCUT2D eigenvalue weighted by molar-refractivity contribution is 0.0631. The third-order valence-corrected chi connectivity index (χ3v) is 5.17. The van der Waals surface area contributed by atoms with Crippen LogP contribution in [0.5, 0.6) is 17.2 Å². The van der Waals surface area contributed by atoms with Crippen molar-refractivity contribution < 1.29 is 19.0 Å². The van der Waals surface area contributed by atoms with Crippen molar-refractivity contribution in [3.63, 3.8) is 0 Å². The molecule has 1 N–H and O–H groups in total. The lowest BCUT2D eigenvalue weighted by Gasteiger charge is -2.37. The van der Waals surface area contributed by atoms with Gasteiger partial charge in [0.2, 0.25) is 0 Å². The fraction of sp³-hybridized carbons (Fsp3) is 0.348. The van der Waals surface area contributed by atoms with Crippen molar-refractivity contribution in [1.82, 2.24) is 10.2 Å². The van der Waals surface area contributed by atoms with Gasteiger partial charge in [0, 0.05) is 36.3 Å². The number of benzene rings is 2. The largest absolute Gasteiger partial charge is 0.496 e. The Balaban J connectivity index is 0.00000320. The molecule has 1 atom stereocenters. The van der Waals surface area contributed by atoms with Crippen molar-refractivity contribution >= 4 is 18.3 Å². The molecule has 1 unspecified atom stereocenters. The second-order valence-electron chi connectivity index (χ2n) is 6.82. The molecule has 0 radical (unpaired) electrons. The normalized spacial score (nSPS) is 15.7. The van der Waals surface area contributed by atoms with E-state index in [9.17, 15) is 4.79 Å². The lowest BCUT2D eigenvalue weighted by atomic mass is 9.99. The molecule has 30 heavy (non-hydrogen) atoms. The molecule has 3 rings (SSSR count). The standard InChI is InChI=1S/C23H28N2O4.ClH/c1-5-8-16-13-17(14-21(28-3)22(16)29-4)23(26)25-12-11-24-15-19(25)18-9-6-7-10-20(18)27-2;/h5-7,9-10,13-14,19,24H,1,8,11-12,15H2,2-4H3;1H. The summed E-state index contributed by atoms with van der Waals surface area (Å²) in [5.74, 6) is 1.90. The molecule has 0 bridgehead atoms. The first-order chi connectivity index (χ1) is 14.1. The first-order valence-electron chi connectivity index (χ1n) is 9.65. The SMILES string of the molecule is C=CCc1cc(C(=O)N2CCNCC2c2ccccc2OC)cc(OC)c1OC.Cl. The molecule has 2 aromatic rings. The molecule has 6 nitrogen and oxygen atoms in total. The third kappa shape index (κ3) is 4.71. The molecule has 0 spiro atoms. The second-order valence-corrected chi connectivity index (χ2v) is 6.82. The number of amides is 1.